The van der Waals surface area contributed by atoms with E-state index in [9.17, 15) is 4.79 Å². The van der Waals surface area contributed by atoms with Crippen molar-refractivity contribution in [2.75, 3.05) is 0 Å². The third-order valence-electron chi connectivity index (χ3n) is 3.17. The maximum absolute atomic E-state index is 11.1. The van der Waals surface area contributed by atoms with Gasteiger partial charge >= 0.3 is 5.97 Å². The molecule has 1 N–H and O–H groups in total. The number of aromatic nitrogens is 2. The summed E-state index contributed by atoms with van der Waals surface area (Å²) in [5.41, 5.74) is 4.25. The second kappa shape index (κ2) is 5.26. The SMILES string of the molecule is CCCn1ncc(-c2cc(C)cc(C(=O)O)c2)c1C. The van der Waals surface area contributed by atoms with E-state index in [0.29, 0.717) is 5.56 Å². The molecular formula is C15H18N2O2. The van der Waals surface area contributed by atoms with Gasteiger partial charge in [-0.05, 0) is 43.5 Å². The lowest BCUT2D eigenvalue weighted by atomic mass is 10.0. The van der Waals surface area contributed by atoms with Crippen molar-refractivity contribution in [3.05, 3.63) is 41.2 Å². The Morgan fingerprint density at radius 3 is 2.68 bits per heavy atom. The Labute approximate surface area is 112 Å². The highest BCUT2D eigenvalue weighted by molar-refractivity contribution is 5.90. The number of benzene rings is 1. The molecule has 1 aromatic heterocycles. The maximum atomic E-state index is 11.1. The zero-order valence-electron chi connectivity index (χ0n) is 11.5. The number of rotatable bonds is 4. The summed E-state index contributed by atoms with van der Waals surface area (Å²) in [6.07, 6.45) is 2.83. The van der Waals surface area contributed by atoms with Gasteiger partial charge in [0.25, 0.3) is 0 Å². The Kier molecular flexibility index (Phi) is 3.69. The monoisotopic (exact) mass is 258 g/mol. The van der Waals surface area contributed by atoms with E-state index in [-0.39, 0.29) is 0 Å². The van der Waals surface area contributed by atoms with Crippen molar-refractivity contribution in [2.45, 2.75) is 33.7 Å². The second-order valence-electron chi connectivity index (χ2n) is 4.76. The van der Waals surface area contributed by atoms with E-state index >= 15 is 0 Å². The summed E-state index contributed by atoms with van der Waals surface area (Å²) in [7, 11) is 0. The van der Waals surface area contributed by atoms with Gasteiger partial charge in [0.1, 0.15) is 0 Å². The smallest absolute Gasteiger partial charge is 0.335 e. The summed E-state index contributed by atoms with van der Waals surface area (Å²) < 4.78 is 1.96. The highest BCUT2D eigenvalue weighted by Crippen LogP contribution is 2.25. The number of aromatic carboxylic acids is 1. The molecule has 0 amide bonds. The van der Waals surface area contributed by atoms with Gasteiger partial charge < -0.3 is 5.11 Å². The van der Waals surface area contributed by atoms with Crippen LogP contribution in [0.3, 0.4) is 0 Å². The molecule has 1 aromatic carbocycles. The summed E-state index contributed by atoms with van der Waals surface area (Å²) in [4.78, 5) is 11.1. The molecule has 0 atom stereocenters. The topological polar surface area (TPSA) is 55.1 Å². The summed E-state index contributed by atoms with van der Waals surface area (Å²) in [5, 5.41) is 13.5. The molecule has 0 spiro atoms. The number of carbonyl (C=O) groups is 1. The number of hydrogen-bond donors (Lipinski definition) is 1. The Morgan fingerprint density at radius 1 is 1.32 bits per heavy atom. The molecule has 4 nitrogen and oxygen atoms in total. The van der Waals surface area contributed by atoms with Crippen LogP contribution in [0.5, 0.6) is 0 Å². The molecular weight excluding hydrogens is 240 g/mol. The average Bonchev–Trinajstić information content (AvgIpc) is 2.71. The molecule has 0 aliphatic heterocycles. The van der Waals surface area contributed by atoms with Crippen molar-refractivity contribution in [1.82, 2.24) is 9.78 Å². The Morgan fingerprint density at radius 2 is 2.05 bits per heavy atom. The molecule has 0 unspecified atom stereocenters. The van der Waals surface area contributed by atoms with E-state index < -0.39 is 5.97 Å². The van der Waals surface area contributed by atoms with Gasteiger partial charge in [0.2, 0.25) is 0 Å². The summed E-state index contributed by atoms with van der Waals surface area (Å²) in [6, 6.07) is 5.38. The number of aryl methyl sites for hydroxylation is 2. The lowest BCUT2D eigenvalue weighted by Crippen LogP contribution is -2.01. The Hall–Kier alpha value is -2.10. The fraction of sp³-hybridized carbons (Fsp3) is 0.333. The third-order valence-corrected chi connectivity index (χ3v) is 3.17. The Balaban J connectivity index is 2.49. The highest BCUT2D eigenvalue weighted by Gasteiger charge is 2.11. The van der Waals surface area contributed by atoms with Gasteiger partial charge in [0.05, 0.1) is 11.8 Å². The predicted octanol–water partition coefficient (Wildman–Crippen LogP) is 3.28. The average molecular weight is 258 g/mol. The van der Waals surface area contributed by atoms with Crippen molar-refractivity contribution >= 4 is 5.97 Å². The lowest BCUT2D eigenvalue weighted by Gasteiger charge is -2.06. The molecule has 2 aromatic rings. The van der Waals surface area contributed by atoms with Crippen LogP contribution in [0.15, 0.2) is 24.4 Å². The molecule has 0 saturated heterocycles. The summed E-state index contributed by atoms with van der Waals surface area (Å²) >= 11 is 0. The highest BCUT2D eigenvalue weighted by atomic mass is 16.4. The standard InChI is InChI=1S/C15H18N2O2/c1-4-5-17-11(3)14(9-16-17)12-6-10(2)7-13(8-12)15(18)19/h6-9H,4-5H2,1-3H3,(H,18,19). The largest absolute Gasteiger partial charge is 0.478 e. The number of carboxylic acid groups (broad SMARTS) is 1. The van der Waals surface area contributed by atoms with E-state index in [4.69, 9.17) is 5.11 Å². The van der Waals surface area contributed by atoms with Gasteiger partial charge in [-0.3, -0.25) is 4.68 Å². The molecule has 19 heavy (non-hydrogen) atoms. The van der Waals surface area contributed by atoms with Gasteiger partial charge in [-0.25, -0.2) is 4.79 Å². The first-order chi connectivity index (χ1) is 9.02. The minimum absolute atomic E-state index is 0.317. The van der Waals surface area contributed by atoms with Crippen LogP contribution < -0.4 is 0 Å². The van der Waals surface area contributed by atoms with Crippen molar-refractivity contribution in [2.24, 2.45) is 0 Å². The minimum atomic E-state index is -0.899. The van der Waals surface area contributed by atoms with Crippen molar-refractivity contribution < 1.29 is 9.90 Å². The van der Waals surface area contributed by atoms with E-state index in [1.54, 1.807) is 12.1 Å². The molecule has 1 heterocycles. The fourth-order valence-corrected chi connectivity index (χ4v) is 2.23. The lowest BCUT2D eigenvalue weighted by molar-refractivity contribution is 0.0697. The number of carboxylic acids is 1. The second-order valence-corrected chi connectivity index (χ2v) is 4.76. The van der Waals surface area contributed by atoms with Crippen molar-refractivity contribution in [3.63, 3.8) is 0 Å². The van der Waals surface area contributed by atoms with Gasteiger partial charge in [-0.1, -0.05) is 13.0 Å². The van der Waals surface area contributed by atoms with Gasteiger partial charge in [-0.15, -0.1) is 0 Å². The van der Waals surface area contributed by atoms with Crippen LogP contribution in [0.25, 0.3) is 11.1 Å². The quantitative estimate of drug-likeness (QED) is 0.915. The minimum Gasteiger partial charge on any atom is -0.478 e. The normalized spacial score (nSPS) is 10.7. The third kappa shape index (κ3) is 2.67. The van der Waals surface area contributed by atoms with Gasteiger partial charge in [0, 0.05) is 17.8 Å². The van der Waals surface area contributed by atoms with Crippen LogP contribution in [-0.4, -0.2) is 20.9 Å². The fourth-order valence-electron chi connectivity index (χ4n) is 2.23. The number of nitrogens with zero attached hydrogens (tertiary/aromatic N) is 2. The van der Waals surface area contributed by atoms with Gasteiger partial charge in [0.15, 0.2) is 0 Å². The number of hydrogen-bond acceptors (Lipinski definition) is 2. The molecule has 0 aliphatic carbocycles. The van der Waals surface area contributed by atoms with Crippen LogP contribution in [0.2, 0.25) is 0 Å². The van der Waals surface area contributed by atoms with Gasteiger partial charge in [-0.2, -0.15) is 5.10 Å². The molecule has 4 heteroatoms. The zero-order chi connectivity index (χ0) is 14.0. The molecule has 0 bridgehead atoms. The van der Waals surface area contributed by atoms with Crippen LogP contribution in [0, 0.1) is 13.8 Å². The van der Waals surface area contributed by atoms with Crippen molar-refractivity contribution in [1.29, 1.82) is 0 Å². The summed E-state index contributed by atoms with van der Waals surface area (Å²) in [5.74, 6) is -0.899. The van der Waals surface area contributed by atoms with Crippen LogP contribution in [0.1, 0.15) is 35.0 Å². The van der Waals surface area contributed by atoms with Crippen LogP contribution in [-0.2, 0) is 6.54 Å². The van der Waals surface area contributed by atoms with E-state index in [1.165, 1.54) is 0 Å². The maximum Gasteiger partial charge on any atom is 0.335 e. The Bertz CT molecular complexity index is 615. The van der Waals surface area contributed by atoms with E-state index in [1.807, 2.05) is 30.8 Å². The first kappa shape index (κ1) is 13.3. The molecule has 2 rings (SSSR count). The first-order valence-corrected chi connectivity index (χ1v) is 6.40. The molecule has 100 valence electrons. The molecule has 0 aliphatic rings. The summed E-state index contributed by atoms with van der Waals surface area (Å²) in [6.45, 7) is 6.90. The van der Waals surface area contributed by atoms with Crippen molar-refractivity contribution in [3.8, 4) is 11.1 Å². The first-order valence-electron chi connectivity index (χ1n) is 6.40. The van der Waals surface area contributed by atoms with Crippen LogP contribution >= 0.6 is 0 Å². The van der Waals surface area contributed by atoms with E-state index in [0.717, 1.165) is 35.3 Å². The molecule has 0 radical (unpaired) electrons. The zero-order valence-corrected chi connectivity index (χ0v) is 11.5. The van der Waals surface area contributed by atoms with E-state index in [2.05, 4.69) is 12.0 Å². The predicted molar refractivity (Wildman–Crippen MR) is 74.4 cm³/mol. The molecule has 0 saturated carbocycles. The molecule has 0 fully saturated rings. The van der Waals surface area contributed by atoms with Crippen LogP contribution in [0.4, 0.5) is 0 Å².